The number of carbonyl (C=O) groups excluding carboxylic acids is 1. The number of hydrogen-bond acceptors (Lipinski definition) is 3. The maximum absolute atomic E-state index is 13.1. The highest BCUT2D eigenvalue weighted by atomic mass is 32.1. The van der Waals surface area contributed by atoms with Crippen LogP contribution >= 0.6 is 22.7 Å². The molecule has 0 aliphatic carbocycles. The highest BCUT2D eigenvalue weighted by molar-refractivity contribution is 7.20. The number of benzene rings is 1. The second kappa shape index (κ2) is 4.63. The highest BCUT2D eigenvalue weighted by Crippen LogP contribution is 2.27. The van der Waals surface area contributed by atoms with Crippen molar-refractivity contribution in [2.45, 2.75) is 6.42 Å². The zero-order chi connectivity index (χ0) is 12.5. The summed E-state index contributed by atoms with van der Waals surface area (Å²) in [5, 5.41) is 2.89. The van der Waals surface area contributed by atoms with E-state index in [9.17, 15) is 9.18 Å². The SMILES string of the molecule is O=C(Cc1cccs1)c1cc2ccc(F)cc2s1. The minimum absolute atomic E-state index is 0.0964. The van der Waals surface area contributed by atoms with Crippen molar-refractivity contribution in [1.82, 2.24) is 0 Å². The molecule has 0 aliphatic rings. The predicted octanol–water partition coefficient (Wildman–Crippen LogP) is 4.53. The van der Waals surface area contributed by atoms with Crippen molar-refractivity contribution in [2.75, 3.05) is 0 Å². The van der Waals surface area contributed by atoms with E-state index >= 15 is 0 Å². The van der Waals surface area contributed by atoms with E-state index in [1.54, 1.807) is 17.4 Å². The molecule has 2 heterocycles. The van der Waals surface area contributed by atoms with Crippen LogP contribution in [0.25, 0.3) is 10.1 Å². The highest BCUT2D eigenvalue weighted by Gasteiger charge is 2.12. The number of hydrogen-bond donors (Lipinski definition) is 0. The van der Waals surface area contributed by atoms with E-state index < -0.39 is 0 Å². The Kier molecular flexibility index (Phi) is 2.97. The molecule has 1 aromatic carbocycles. The van der Waals surface area contributed by atoms with Crippen LogP contribution in [-0.2, 0) is 6.42 Å². The van der Waals surface area contributed by atoms with Crippen LogP contribution in [0.3, 0.4) is 0 Å². The van der Waals surface area contributed by atoms with Crippen LogP contribution in [0.1, 0.15) is 14.5 Å². The number of Topliss-reactive ketones (excluding diaryl/α,β-unsaturated/α-hetero) is 1. The van der Waals surface area contributed by atoms with Crippen molar-refractivity contribution in [3.05, 3.63) is 57.3 Å². The third-order valence-corrected chi connectivity index (χ3v) is 4.69. The number of ketones is 1. The maximum atomic E-state index is 13.1. The first-order valence-corrected chi connectivity index (χ1v) is 7.17. The minimum Gasteiger partial charge on any atom is -0.293 e. The molecule has 2 aromatic heterocycles. The lowest BCUT2D eigenvalue weighted by Crippen LogP contribution is -1.98. The Labute approximate surface area is 112 Å². The largest absolute Gasteiger partial charge is 0.293 e. The minimum atomic E-state index is -0.262. The number of rotatable bonds is 3. The topological polar surface area (TPSA) is 17.1 Å². The molecule has 0 saturated carbocycles. The fraction of sp³-hybridized carbons (Fsp3) is 0.0714. The smallest absolute Gasteiger partial charge is 0.178 e. The third kappa shape index (κ3) is 2.21. The van der Waals surface area contributed by atoms with Crippen LogP contribution in [0, 0.1) is 5.82 Å². The van der Waals surface area contributed by atoms with Gasteiger partial charge in [-0.1, -0.05) is 12.1 Å². The van der Waals surface area contributed by atoms with Crippen LogP contribution in [0.5, 0.6) is 0 Å². The van der Waals surface area contributed by atoms with E-state index in [0.717, 1.165) is 15.0 Å². The molecule has 0 spiro atoms. The first kappa shape index (κ1) is 11.6. The summed E-state index contributed by atoms with van der Waals surface area (Å²) in [6.45, 7) is 0. The Balaban J connectivity index is 1.92. The van der Waals surface area contributed by atoms with Gasteiger partial charge in [0, 0.05) is 16.0 Å². The molecule has 4 heteroatoms. The summed E-state index contributed by atoms with van der Waals surface area (Å²) in [7, 11) is 0. The molecule has 18 heavy (non-hydrogen) atoms. The summed E-state index contributed by atoms with van der Waals surface area (Å²) >= 11 is 2.94. The van der Waals surface area contributed by atoms with Crippen molar-refractivity contribution in [2.24, 2.45) is 0 Å². The molecule has 0 unspecified atom stereocenters. The van der Waals surface area contributed by atoms with Gasteiger partial charge >= 0.3 is 0 Å². The molecule has 1 nitrogen and oxygen atoms in total. The summed E-state index contributed by atoms with van der Waals surface area (Å²) in [4.78, 5) is 13.8. The van der Waals surface area contributed by atoms with Gasteiger partial charge in [0.2, 0.25) is 0 Å². The van der Waals surface area contributed by atoms with E-state index in [1.807, 2.05) is 23.6 Å². The predicted molar refractivity (Wildman–Crippen MR) is 74.1 cm³/mol. The Morgan fingerprint density at radius 3 is 2.89 bits per heavy atom. The van der Waals surface area contributed by atoms with E-state index in [-0.39, 0.29) is 11.6 Å². The molecule has 0 atom stereocenters. The standard InChI is InChI=1S/C14H9FOS2/c15-10-4-3-9-6-14(18-13(9)7-10)12(16)8-11-2-1-5-17-11/h1-7H,8H2. The van der Waals surface area contributed by atoms with Gasteiger partial charge in [0.25, 0.3) is 0 Å². The molecular weight excluding hydrogens is 267 g/mol. The zero-order valence-electron chi connectivity index (χ0n) is 9.35. The molecular formula is C14H9FOS2. The Morgan fingerprint density at radius 2 is 2.11 bits per heavy atom. The van der Waals surface area contributed by atoms with Gasteiger partial charge in [-0.15, -0.1) is 22.7 Å². The van der Waals surface area contributed by atoms with Gasteiger partial charge in [-0.3, -0.25) is 4.79 Å². The van der Waals surface area contributed by atoms with Crippen LogP contribution in [0.15, 0.2) is 41.8 Å². The molecule has 3 rings (SSSR count). The van der Waals surface area contributed by atoms with Gasteiger partial charge in [0.05, 0.1) is 4.88 Å². The van der Waals surface area contributed by atoms with Gasteiger partial charge in [-0.2, -0.15) is 0 Å². The second-order valence-electron chi connectivity index (χ2n) is 3.97. The zero-order valence-corrected chi connectivity index (χ0v) is 11.0. The van der Waals surface area contributed by atoms with Crippen LogP contribution in [0.2, 0.25) is 0 Å². The summed E-state index contributed by atoms with van der Waals surface area (Å²) in [5.74, 6) is -0.166. The summed E-state index contributed by atoms with van der Waals surface area (Å²) < 4.78 is 13.9. The number of fused-ring (bicyclic) bond motifs is 1. The lowest BCUT2D eigenvalue weighted by Gasteiger charge is -1.93. The van der Waals surface area contributed by atoms with E-state index in [4.69, 9.17) is 0 Å². The normalized spacial score (nSPS) is 10.9. The quantitative estimate of drug-likeness (QED) is 0.642. The van der Waals surface area contributed by atoms with Crippen molar-refractivity contribution >= 4 is 38.5 Å². The molecule has 3 aromatic rings. The van der Waals surface area contributed by atoms with Crippen molar-refractivity contribution < 1.29 is 9.18 Å². The Hall–Kier alpha value is -1.52. The van der Waals surface area contributed by atoms with Gasteiger partial charge in [-0.25, -0.2) is 4.39 Å². The lowest BCUT2D eigenvalue weighted by atomic mass is 10.2. The van der Waals surface area contributed by atoms with Crippen molar-refractivity contribution in [1.29, 1.82) is 0 Å². The molecule has 0 aliphatic heterocycles. The Bertz CT molecular complexity index is 698. The monoisotopic (exact) mass is 276 g/mol. The van der Waals surface area contributed by atoms with Crippen LogP contribution in [0.4, 0.5) is 4.39 Å². The van der Waals surface area contributed by atoms with Gasteiger partial charge in [0.15, 0.2) is 5.78 Å². The average Bonchev–Trinajstić information content (AvgIpc) is 2.96. The van der Waals surface area contributed by atoms with Gasteiger partial charge in [-0.05, 0) is 35.0 Å². The van der Waals surface area contributed by atoms with Gasteiger partial charge in [0.1, 0.15) is 5.82 Å². The summed E-state index contributed by atoms with van der Waals surface area (Å²) in [5.41, 5.74) is 0. The van der Waals surface area contributed by atoms with E-state index in [2.05, 4.69) is 0 Å². The van der Waals surface area contributed by atoms with Gasteiger partial charge < -0.3 is 0 Å². The number of carbonyl (C=O) groups is 1. The first-order chi connectivity index (χ1) is 8.72. The third-order valence-electron chi connectivity index (χ3n) is 2.67. The molecule has 90 valence electrons. The molecule has 0 saturated heterocycles. The molecule has 0 N–H and O–H groups in total. The van der Waals surface area contributed by atoms with E-state index in [1.165, 1.54) is 23.5 Å². The van der Waals surface area contributed by atoms with Crippen molar-refractivity contribution in [3.63, 3.8) is 0 Å². The maximum Gasteiger partial charge on any atom is 0.178 e. The van der Waals surface area contributed by atoms with E-state index in [0.29, 0.717) is 11.3 Å². The molecule has 0 fully saturated rings. The van der Waals surface area contributed by atoms with Crippen molar-refractivity contribution in [3.8, 4) is 0 Å². The fourth-order valence-corrected chi connectivity index (χ4v) is 3.53. The number of thiophene rings is 2. The molecule has 0 bridgehead atoms. The fourth-order valence-electron chi connectivity index (χ4n) is 1.80. The molecule has 0 amide bonds. The average molecular weight is 276 g/mol. The summed E-state index contributed by atoms with van der Waals surface area (Å²) in [6.07, 6.45) is 0.424. The number of halogens is 1. The van der Waals surface area contributed by atoms with Crippen LogP contribution in [-0.4, -0.2) is 5.78 Å². The second-order valence-corrected chi connectivity index (χ2v) is 6.09. The first-order valence-electron chi connectivity index (χ1n) is 5.47. The Morgan fingerprint density at radius 1 is 1.22 bits per heavy atom. The van der Waals surface area contributed by atoms with Crippen LogP contribution < -0.4 is 0 Å². The lowest BCUT2D eigenvalue weighted by molar-refractivity contribution is 0.0997. The summed E-state index contributed by atoms with van der Waals surface area (Å²) in [6, 6.07) is 10.3. The molecule has 0 radical (unpaired) electrons.